The fraction of sp³-hybridized carbons (Fsp3) is 0.828. The van der Waals surface area contributed by atoms with Crippen LogP contribution in [0.5, 0.6) is 0 Å². The first-order valence-electron chi connectivity index (χ1n) is 42.3. The van der Waals surface area contributed by atoms with Gasteiger partial charge in [-0.1, -0.05) is 369 Å². The van der Waals surface area contributed by atoms with E-state index in [1.54, 1.807) is 6.08 Å². The molecule has 12 unspecified atom stereocenters. The van der Waals surface area contributed by atoms with Crippen molar-refractivity contribution in [2.75, 3.05) is 19.8 Å². The van der Waals surface area contributed by atoms with Crippen molar-refractivity contribution in [2.24, 2.45) is 0 Å². The number of hydrogen-bond acceptors (Lipinski definition) is 13. The Morgan fingerprint density at radius 3 is 1.09 bits per heavy atom. The first-order valence-corrected chi connectivity index (χ1v) is 42.3. The second kappa shape index (κ2) is 70.2. The number of hydrogen-bond donors (Lipinski definition) is 9. The molecule has 0 aliphatic carbocycles. The zero-order valence-electron chi connectivity index (χ0n) is 64.6. The SMILES string of the molecule is CC/C=C\C/C=C\C/C=C\C/C=C\C/C=C\CCCCCCCCCCCCCCCCCCCCCCCCCC(=O)NC(COC1OC(CO)C(OC2OC(CO)C(O)C(O)C2O)C(O)C1O)C(O)/C=C/CC/C=C/CCCCCCCCCCCCCCCCCCCCCCCC. The van der Waals surface area contributed by atoms with Crippen LogP contribution in [-0.4, -0.2) is 140 Å². The normalized spacial score (nSPS) is 22.2. The van der Waals surface area contributed by atoms with Crippen molar-refractivity contribution in [2.45, 2.75) is 441 Å². The highest BCUT2D eigenvalue weighted by Crippen LogP contribution is 2.30. The first kappa shape index (κ1) is 94.3. The van der Waals surface area contributed by atoms with Gasteiger partial charge in [-0.15, -0.1) is 0 Å². The molecule has 101 heavy (non-hydrogen) atoms. The Hall–Kier alpha value is -2.83. The maximum Gasteiger partial charge on any atom is 0.220 e. The van der Waals surface area contributed by atoms with E-state index in [2.05, 4.69) is 92.1 Å². The minimum Gasteiger partial charge on any atom is -0.394 e. The van der Waals surface area contributed by atoms with Crippen LogP contribution >= 0.6 is 0 Å². The number of aliphatic hydroxyl groups is 8. The van der Waals surface area contributed by atoms with Gasteiger partial charge in [0.1, 0.15) is 48.8 Å². The summed E-state index contributed by atoms with van der Waals surface area (Å²) in [6, 6.07) is -0.935. The molecular weight excluding hydrogens is 1270 g/mol. The van der Waals surface area contributed by atoms with Crippen molar-refractivity contribution >= 4 is 5.91 Å². The zero-order chi connectivity index (χ0) is 73.0. The molecule has 0 spiro atoms. The first-order chi connectivity index (χ1) is 49.6. The lowest BCUT2D eigenvalue weighted by Gasteiger charge is -2.46. The third-order valence-corrected chi connectivity index (χ3v) is 20.3. The smallest absolute Gasteiger partial charge is 0.220 e. The molecule has 2 fully saturated rings. The van der Waals surface area contributed by atoms with E-state index in [9.17, 15) is 45.6 Å². The monoisotopic (exact) mass is 1420 g/mol. The van der Waals surface area contributed by atoms with Gasteiger partial charge < -0.3 is 65.1 Å². The Kier molecular flexibility index (Phi) is 65.5. The number of rotatable bonds is 71. The molecule has 0 aromatic rings. The number of carbonyl (C=O) groups excluding carboxylic acids is 1. The molecule has 2 aliphatic rings. The zero-order valence-corrected chi connectivity index (χ0v) is 64.6. The van der Waals surface area contributed by atoms with Crippen LogP contribution in [0.1, 0.15) is 367 Å². The second-order valence-corrected chi connectivity index (χ2v) is 29.6. The Labute approximate surface area is 618 Å². The van der Waals surface area contributed by atoms with Gasteiger partial charge in [0.25, 0.3) is 0 Å². The van der Waals surface area contributed by atoms with Gasteiger partial charge >= 0.3 is 0 Å². The third-order valence-electron chi connectivity index (χ3n) is 20.3. The molecule has 0 aromatic heterocycles. The number of ether oxygens (including phenoxy) is 4. The summed E-state index contributed by atoms with van der Waals surface area (Å²) in [6.07, 6.45) is 82.6. The van der Waals surface area contributed by atoms with E-state index >= 15 is 0 Å². The van der Waals surface area contributed by atoms with E-state index in [4.69, 9.17) is 18.9 Å². The van der Waals surface area contributed by atoms with Crippen LogP contribution < -0.4 is 5.32 Å². The fourth-order valence-corrected chi connectivity index (χ4v) is 13.7. The lowest BCUT2D eigenvalue weighted by Crippen LogP contribution is -2.65. The Balaban J connectivity index is 1.59. The van der Waals surface area contributed by atoms with Crippen LogP contribution in [0, 0.1) is 0 Å². The van der Waals surface area contributed by atoms with Gasteiger partial charge in [-0.25, -0.2) is 0 Å². The molecule has 0 aromatic carbocycles. The molecule has 2 rings (SSSR count). The number of carbonyl (C=O) groups is 1. The van der Waals surface area contributed by atoms with E-state index in [0.29, 0.717) is 12.8 Å². The molecular formula is C87H157NO13. The van der Waals surface area contributed by atoms with Gasteiger partial charge in [-0.2, -0.15) is 0 Å². The van der Waals surface area contributed by atoms with E-state index in [-0.39, 0.29) is 18.9 Å². The average Bonchev–Trinajstić information content (AvgIpc) is 0.790. The van der Waals surface area contributed by atoms with E-state index in [1.807, 2.05) is 6.08 Å². The van der Waals surface area contributed by atoms with E-state index in [0.717, 1.165) is 64.2 Å². The van der Waals surface area contributed by atoms with Crippen molar-refractivity contribution in [3.05, 3.63) is 85.1 Å². The number of aliphatic hydroxyl groups excluding tert-OH is 8. The van der Waals surface area contributed by atoms with Crippen molar-refractivity contribution in [1.82, 2.24) is 5.32 Å². The second-order valence-electron chi connectivity index (χ2n) is 29.6. The molecule has 588 valence electrons. The molecule has 14 nitrogen and oxygen atoms in total. The summed E-state index contributed by atoms with van der Waals surface area (Å²) in [5, 5.41) is 87.7. The molecule has 0 saturated carbocycles. The minimum atomic E-state index is -1.79. The van der Waals surface area contributed by atoms with Crippen LogP contribution in [0.3, 0.4) is 0 Å². The highest BCUT2D eigenvalue weighted by molar-refractivity contribution is 5.76. The molecule has 2 heterocycles. The lowest BCUT2D eigenvalue weighted by atomic mass is 9.97. The molecule has 14 heteroatoms. The van der Waals surface area contributed by atoms with Crippen molar-refractivity contribution < 1.29 is 64.6 Å². The van der Waals surface area contributed by atoms with Crippen LogP contribution in [-0.2, 0) is 23.7 Å². The summed E-state index contributed by atoms with van der Waals surface area (Å²) in [7, 11) is 0. The van der Waals surface area contributed by atoms with Crippen LogP contribution in [0.4, 0.5) is 0 Å². The van der Waals surface area contributed by atoms with Gasteiger partial charge in [0, 0.05) is 6.42 Å². The quantitative estimate of drug-likeness (QED) is 0.0204. The van der Waals surface area contributed by atoms with Crippen molar-refractivity contribution in [1.29, 1.82) is 0 Å². The van der Waals surface area contributed by atoms with Gasteiger partial charge in [0.15, 0.2) is 12.6 Å². The molecule has 9 N–H and O–H groups in total. The summed E-state index contributed by atoms with van der Waals surface area (Å²) < 4.78 is 22.9. The molecule has 2 aliphatic heterocycles. The molecule has 2 saturated heterocycles. The summed E-state index contributed by atoms with van der Waals surface area (Å²) in [5.74, 6) is -0.243. The lowest BCUT2D eigenvalue weighted by molar-refractivity contribution is -0.359. The third kappa shape index (κ3) is 52.7. The molecule has 0 bridgehead atoms. The number of amides is 1. The summed E-state index contributed by atoms with van der Waals surface area (Å²) >= 11 is 0. The Morgan fingerprint density at radius 2 is 0.693 bits per heavy atom. The predicted molar refractivity (Wildman–Crippen MR) is 420 cm³/mol. The standard InChI is InChI=1S/C87H157NO13/c1-3-5-7-9-11-13-15-17-19-21-23-25-27-29-31-33-34-35-36-37-38-39-40-41-42-43-45-47-49-51-53-55-57-59-61-63-65-67-69-71-79(92)88-75(74-98-86-84(97)82(95)85(78(73-90)100-86)101-87-83(96)81(94)80(93)77(72-89)99-87)76(91)70-68-66-64-62-60-58-56-54-52-50-48-46-44-32-30-28-26-24-22-20-18-16-14-12-10-8-6-4-2/h5,7,11,13,17,19,23,25,29,31,60,62,68,70,75-78,80-87,89-91,93-97H,3-4,6,8-10,12,14-16,18,20-22,24,26-28,30,32-59,61,63-67,69,71-74H2,1-2H3,(H,88,92)/b7-5-,13-11-,19-17-,25-23-,31-29-,62-60+,70-68+. The molecule has 12 atom stereocenters. The highest BCUT2D eigenvalue weighted by atomic mass is 16.7. The molecule has 0 radical (unpaired) electrons. The predicted octanol–water partition coefficient (Wildman–Crippen LogP) is 19.9. The summed E-state index contributed by atoms with van der Waals surface area (Å²) in [5.41, 5.74) is 0. The van der Waals surface area contributed by atoms with Crippen LogP contribution in [0.15, 0.2) is 85.1 Å². The van der Waals surface area contributed by atoms with E-state index < -0.39 is 86.8 Å². The minimum absolute atomic E-state index is 0.243. The number of unbranched alkanes of at least 4 members (excludes halogenated alkanes) is 46. The van der Waals surface area contributed by atoms with Gasteiger partial charge in [-0.05, 0) is 77.0 Å². The van der Waals surface area contributed by atoms with Gasteiger partial charge in [0.2, 0.25) is 5.91 Å². The van der Waals surface area contributed by atoms with Crippen molar-refractivity contribution in [3.63, 3.8) is 0 Å². The molecule has 1 amide bonds. The maximum absolute atomic E-state index is 13.4. The number of allylic oxidation sites excluding steroid dienone is 13. The van der Waals surface area contributed by atoms with Gasteiger partial charge in [0.05, 0.1) is 32.0 Å². The van der Waals surface area contributed by atoms with Crippen LogP contribution in [0.25, 0.3) is 0 Å². The average molecular weight is 1430 g/mol. The fourth-order valence-electron chi connectivity index (χ4n) is 13.7. The Morgan fingerprint density at radius 1 is 0.366 bits per heavy atom. The summed E-state index contributed by atoms with van der Waals surface area (Å²) in [4.78, 5) is 13.4. The van der Waals surface area contributed by atoms with E-state index in [1.165, 1.54) is 270 Å². The van der Waals surface area contributed by atoms with Gasteiger partial charge in [-0.3, -0.25) is 4.79 Å². The summed E-state index contributed by atoms with van der Waals surface area (Å²) in [6.45, 7) is 2.72. The Bertz CT molecular complexity index is 2020. The highest BCUT2D eigenvalue weighted by Gasteiger charge is 2.51. The number of nitrogens with one attached hydrogen (secondary N) is 1. The van der Waals surface area contributed by atoms with Crippen molar-refractivity contribution in [3.8, 4) is 0 Å². The largest absolute Gasteiger partial charge is 0.394 e. The topological polar surface area (TPSA) is 228 Å². The maximum atomic E-state index is 13.4. The van der Waals surface area contributed by atoms with Crippen LogP contribution in [0.2, 0.25) is 0 Å².